The Kier molecular flexibility index (Phi) is 4.93. The van der Waals surface area contributed by atoms with E-state index in [0.29, 0.717) is 18.0 Å². The van der Waals surface area contributed by atoms with Gasteiger partial charge in [0, 0.05) is 24.5 Å². The van der Waals surface area contributed by atoms with Gasteiger partial charge in [0.2, 0.25) is 5.65 Å². The number of imidazole rings is 1. The van der Waals surface area contributed by atoms with Crippen LogP contribution < -0.4 is 10.1 Å². The van der Waals surface area contributed by atoms with Crippen LogP contribution in [0.4, 0.5) is 5.82 Å². The summed E-state index contributed by atoms with van der Waals surface area (Å²) in [4.78, 5) is 14.3. The van der Waals surface area contributed by atoms with E-state index in [4.69, 9.17) is 14.7 Å². The summed E-state index contributed by atoms with van der Waals surface area (Å²) in [6.07, 6.45) is 3.73. The molecular weight excluding hydrogens is 404 g/mol. The SMILES string of the molecule is COc1ccc2nc(-c3cn4c(C)nnc4c(NC(C)C)n3)n(Cc3ccccn3)c2c1. The van der Waals surface area contributed by atoms with E-state index in [0.717, 1.165) is 39.8 Å². The highest BCUT2D eigenvalue weighted by Gasteiger charge is 2.19. The highest BCUT2D eigenvalue weighted by molar-refractivity contribution is 5.82. The third kappa shape index (κ3) is 3.51. The monoisotopic (exact) mass is 428 g/mol. The zero-order valence-corrected chi connectivity index (χ0v) is 18.4. The Morgan fingerprint density at radius 3 is 2.72 bits per heavy atom. The normalized spacial score (nSPS) is 11.5. The molecule has 162 valence electrons. The first-order valence-electron chi connectivity index (χ1n) is 10.5. The molecule has 0 fully saturated rings. The van der Waals surface area contributed by atoms with Gasteiger partial charge in [-0.1, -0.05) is 6.07 Å². The van der Waals surface area contributed by atoms with Gasteiger partial charge in [0.05, 0.1) is 30.4 Å². The number of benzene rings is 1. The van der Waals surface area contributed by atoms with E-state index < -0.39 is 0 Å². The van der Waals surface area contributed by atoms with E-state index >= 15 is 0 Å². The predicted octanol–water partition coefficient (Wildman–Crippen LogP) is 3.72. The van der Waals surface area contributed by atoms with E-state index in [-0.39, 0.29) is 6.04 Å². The lowest BCUT2D eigenvalue weighted by Gasteiger charge is -2.13. The molecule has 1 N–H and O–H groups in total. The Labute approximate surface area is 185 Å². The van der Waals surface area contributed by atoms with E-state index in [1.165, 1.54) is 0 Å². The van der Waals surface area contributed by atoms with Gasteiger partial charge in [0.25, 0.3) is 0 Å². The first kappa shape index (κ1) is 19.9. The van der Waals surface area contributed by atoms with Crippen LogP contribution in [-0.4, -0.2) is 47.3 Å². The van der Waals surface area contributed by atoms with Crippen molar-refractivity contribution >= 4 is 22.5 Å². The summed E-state index contributed by atoms with van der Waals surface area (Å²) in [5, 5.41) is 11.9. The van der Waals surface area contributed by atoms with Gasteiger partial charge in [-0.05, 0) is 45.0 Å². The minimum Gasteiger partial charge on any atom is -0.497 e. The summed E-state index contributed by atoms with van der Waals surface area (Å²) < 4.78 is 9.53. The van der Waals surface area contributed by atoms with E-state index in [9.17, 15) is 0 Å². The molecule has 0 aliphatic carbocycles. The summed E-state index contributed by atoms with van der Waals surface area (Å²) in [5.74, 6) is 2.96. The predicted molar refractivity (Wildman–Crippen MR) is 123 cm³/mol. The second kappa shape index (κ2) is 7.92. The molecule has 5 aromatic rings. The largest absolute Gasteiger partial charge is 0.497 e. The van der Waals surface area contributed by atoms with Crippen molar-refractivity contribution in [1.82, 2.24) is 34.1 Å². The molecule has 9 heteroatoms. The van der Waals surface area contributed by atoms with Crippen LogP contribution in [-0.2, 0) is 6.54 Å². The highest BCUT2D eigenvalue weighted by Crippen LogP contribution is 2.29. The number of methoxy groups -OCH3 is 1. The zero-order chi connectivity index (χ0) is 22.2. The lowest BCUT2D eigenvalue weighted by Crippen LogP contribution is -2.14. The molecule has 4 aromatic heterocycles. The molecule has 5 rings (SSSR count). The molecular formula is C23H24N8O. The van der Waals surface area contributed by atoms with Crippen LogP contribution in [0.1, 0.15) is 25.4 Å². The molecule has 32 heavy (non-hydrogen) atoms. The summed E-state index contributed by atoms with van der Waals surface area (Å²) in [5.41, 5.74) is 4.14. The Bertz CT molecular complexity index is 1400. The zero-order valence-electron chi connectivity index (χ0n) is 18.4. The van der Waals surface area contributed by atoms with Gasteiger partial charge >= 0.3 is 0 Å². The summed E-state index contributed by atoms with van der Waals surface area (Å²) in [6.45, 7) is 6.60. The quantitative estimate of drug-likeness (QED) is 0.440. The standard InChI is InChI=1S/C23H24N8O/c1-14(2)25-21-23-29-28-15(3)30(23)13-19(26-21)22-27-18-9-8-17(32-4)11-20(18)31(22)12-16-7-5-6-10-24-16/h5-11,13-14H,12H2,1-4H3,(H,25,26). The van der Waals surface area contributed by atoms with Gasteiger partial charge < -0.3 is 14.6 Å². The van der Waals surface area contributed by atoms with Crippen LogP contribution in [0.5, 0.6) is 5.75 Å². The fraction of sp³-hybridized carbons (Fsp3) is 0.261. The van der Waals surface area contributed by atoms with Gasteiger partial charge in [-0.15, -0.1) is 10.2 Å². The van der Waals surface area contributed by atoms with Crippen molar-refractivity contribution in [2.24, 2.45) is 0 Å². The number of pyridine rings is 1. The van der Waals surface area contributed by atoms with Gasteiger partial charge in [-0.3, -0.25) is 9.38 Å². The Hall–Kier alpha value is -4.01. The number of anilines is 1. The van der Waals surface area contributed by atoms with Crippen LogP contribution in [0.25, 0.3) is 28.2 Å². The number of nitrogens with zero attached hydrogens (tertiary/aromatic N) is 7. The third-order valence-electron chi connectivity index (χ3n) is 5.22. The molecule has 0 aliphatic rings. The number of rotatable bonds is 6. The van der Waals surface area contributed by atoms with Crippen molar-refractivity contribution in [3.8, 4) is 17.3 Å². The van der Waals surface area contributed by atoms with Gasteiger partial charge in [0.1, 0.15) is 17.3 Å². The van der Waals surface area contributed by atoms with E-state index in [1.54, 1.807) is 13.3 Å². The number of aromatic nitrogens is 7. The Balaban J connectivity index is 1.75. The molecule has 9 nitrogen and oxygen atoms in total. The van der Waals surface area contributed by atoms with E-state index in [2.05, 4.69) is 38.9 Å². The molecule has 4 heterocycles. The van der Waals surface area contributed by atoms with Crippen molar-refractivity contribution in [2.75, 3.05) is 12.4 Å². The van der Waals surface area contributed by atoms with Crippen LogP contribution in [0.3, 0.4) is 0 Å². The topological polar surface area (TPSA) is 95.0 Å². The van der Waals surface area contributed by atoms with Gasteiger partial charge in [0.15, 0.2) is 11.6 Å². The maximum Gasteiger partial charge on any atom is 0.203 e. The number of aryl methyl sites for hydroxylation is 1. The molecule has 0 aliphatic heterocycles. The van der Waals surface area contributed by atoms with Crippen molar-refractivity contribution in [3.63, 3.8) is 0 Å². The fourth-order valence-electron chi connectivity index (χ4n) is 3.72. The maximum absolute atomic E-state index is 5.47. The number of nitrogens with one attached hydrogen (secondary N) is 1. The van der Waals surface area contributed by atoms with Crippen LogP contribution in [0.2, 0.25) is 0 Å². The Morgan fingerprint density at radius 1 is 1.09 bits per heavy atom. The number of fused-ring (bicyclic) bond motifs is 2. The number of ether oxygens (including phenoxy) is 1. The molecule has 0 saturated heterocycles. The van der Waals surface area contributed by atoms with Gasteiger partial charge in [-0.25, -0.2) is 9.97 Å². The smallest absolute Gasteiger partial charge is 0.203 e. The number of hydrogen-bond donors (Lipinski definition) is 1. The fourth-order valence-corrected chi connectivity index (χ4v) is 3.72. The van der Waals surface area contributed by atoms with Crippen molar-refractivity contribution in [3.05, 3.63) is 60.3 Å². The second-order valence-corrected chi connectivity index (χ2v) is 7.91. The molecule has 0 radical (unpaired) electrons. The average Bonchev–Trinajstić information content (AvgIpc) is 3.34. The molecule has 0 bridgehead atoms. The lowest BCUT2D eigenvalue weighted by atomic mass is 10.3. The summed E-state index contributed by atoms with van der Waals surface area (Å²) in [6, 6.07) is 12.0. The average molecular weight is 429 g/mol. The summed E-state index contributed by atoms with van der Waals surface area (Å²) >= 11 is 0. The van der Waals surface area contributed by atoms with Crippen LogP contribution in [0, 0.1) is 6.92 Å². The number of hydrogen-bond acceptors (Lipinski definition) is 7. The van der Waals surface area contributed by atoms with Crippen LogP contribution >= 0.6 is 0 Å². The summed E-state index contributed by atoms with van der Waals surface area (Å²) in [7, 11) is 1.66. The highest BCUT2D eigenvalue weighted by atomic mass is 16.5. The minimum absolute atomic E-state index is 0.190. The second-order valence-electron chi connectivity index (χ2n) is 7.91. The van der Waals surface area contributed by atoms with Crippen molar-refractivity contribution in [2.45, 2.75) is 33.4 Å². The lowest BCUT2D eigenvalue weighted by molar-refractivity contribution is 0.415. The maximum atomic E-state index is 5.47. The minimum atomic E-state index is 0.190. The molecule has 0 spiro atoms. The molecule has 0 unspecified atom stereocenters. The van der Waals surface area contributed by atoms with Crippen molar-refractivity contribution < 1.29 is 4.74 Å². The molecule has 0 saturated carbocycles. The Morgan fingerprint density at radius 2 is 1.97 bits per heavy atom. The first-order valence-corrected chi connectivity index (χ1v) is 10.5. The molecule has 0 atom stereocenters. The van der Waals surface area contributed by atoms with Crippen LogP contribution in [0.15, 0.2) is 48.8 Å². The first-order chi connectivity index (χ1) is 15.5. The molecule has 0 amide bonds. The third-order valence-corrected chi connectivity index (χ3v) is 5.22. The molecule has 1 aromatic carbocycles. The van der Waals surface area contributed by atoms with Crippen molar-refractivity contribution in [1.29, 1.82) is 0 Å². The van der Waals surface area contributed by atoms with E-state index in [1.807, 2.05) is 53.9 Å². The van der Waals surface area contributed by atoms with Gasteiger partial charge in [-0.2, -0.15) is 0 Å².